The van der Waals surface area contributed by atoms with Gasteiger partial charge in [-0.25, -0.2) is 14.8 Å². The summed E-state index contributed by atoms with van der Waals surface area (Å²) in [6.45, 7) is 0.259. The molecule has 0 unspecified atom stereocenters. The number of urea groups is 1. The van der Waals surface area contributed by atoms with Crippen LogP contribution < -0.4 is 10.6 Å². The van der Waals surface area contributed by atoms with E-state index in [0.29, 0.717) is 16.9 Å². The first-order chi connectivity index (χ1) is 10.1. The predicted molar refractivity (Wildman–Crippen MR) is 75.7 cm³/mol. The van der Waals surface area contributed by atoms with Crippen molar-refractivity contribution in [2.45, 2.75) is 13.0 Å². The number of carbonyl (C=O) groups excluding carboxylic acids is 1. The summed E-state index contributed by atoms with van der Waals surface area (Å²) in [7, 11) is 0. The first-order valence-electron chi connectivity index (χ1n) is 6.24. The first-order valence-corrected chi connectivity index (χ1v) is 6.24. The topological polar surface area (TPSA) is 104 Å². The van der Waals surface area contributed by atoms with Crippen LogP contribution in [0.5, 0.6) is 0 Å². The van der Waals surface area contributed by atoms with Crippen molar-refractivity contribution in [2.24, 2.45) is 0 Å². The Morgan fingerprint density at radius 3 is 2.71 bits per heavy atom. The van der Waals surface area contributed by atoms with E-state index >= 15 is 0 Å². The molecule has 108 valence electrons. The van der Waals surface area contributed by atoms with Crippen LogP contribution in [0.1, 0.15) is 11.3 Å². The van der Waals surface area contributed by atoms with Gasteiger partial charge >= 0.3 is 12.0 Å². The smallest absolute Gasteiger partial charge is 0.319 e. The minimum Gasteiger partial charge on any atom is -0.481 e. The molecule has 0 aliphatic carbocycles. The zero-order chi connectivity index (χ0) is 15.1. The Labute approximate surface area is 121 Å². The molecule has 1 heterocycles. The van der Waals surface area contributed by atoms with Crippen LogP contribution in [0.15, 0.2) is 42.9 Å². The molecule has 0 atom stereocenters. The number of hydrogen-bond acceptors (Lipinski definition) is 4. The number of carboxylic acids is 1. The second-order valence-corrected chi connectivity index (χ2v) is 4.24. The van der Waals surface area contributed by atoms with Crippen LogP contribution in [-0.4, -0.2) is 27.1 Å². The molecule has 0 fully saturated rings. The van der Waals surface area contributed by atoms with E-state index in [1.165, 1.54) is 6.33 Å². The molecule has 2 amide bonds. The summed E-state index contributed by atoms with van der Waals surface area (Å²) in [6.07, 6.45) is 2.84. The predicted octanol–water partition coefficient (Wildman–Crippen LogP) is 1.43. The number of nitrogens with one attached hydrogen (secondary N) is 2. The molecule has 0 saturated carbocycles. The van der Waals surface area contributed by atoms with E-state index in [9.17, 15) is 9.59 Å². The molecule has 0 saturated heterocycles. The van der Waals surface area contributed by atoms with E-state index in [1.807, 2.05) is 0 Å². The third-order valence-electron chi connectivity index (χ3n) is 2.68. The van der Waals surface area contributed by atoms with Crippen molar-refractivity contribution >= 4 is 17.7 Å². The number of aliphatic carboxylic acids is 1. The van der Waals surface area contributed by atoms with Crippen LogP contribution in [0.25, 0.3) is 0 Å². The number of amides is 2. The van der Waals surface area contributed by atoms with Gasteiger partial charge in [0.1, 0.15) is 6.33 Å². The number of carboxylic acid groups (broad SMARTS) is 1. The molecule has 7 heteroatoms. The fraction of sp³-hybridized carbons (Fsp3) is 0.143. The summed E-state index contributed by atoms with van der Waals surface area (Å²) in [5.74, 6) is -0.953. The Morgan fingerprint density at radius 2 is 2.00 bits per heavy atom. The van der Waals surface area contributed by atoms with E-state index < -0.39 is 12.0 Å². The molecule has 1 aromatic carbocycles. The van der Waals surface area contributed by atoms with Gasteiger partial charge in [-0.3, -0.25) is 4.79 Å². The summed E-state index contributed by atoms with van der Waals surface area (Å²) in [5, 5.41) is 14.1. The van der Waals surface area contributed by atoms with Crippen molar-refractivity contribution in [1.29, 1.82) is 0 Å². The highest BCUT2D eigenvalue weighted by molar-refractivity contribution is 5.90. The zero-order valence-electron chi connectivity index (χ0n) is 11.1. The largest absolute Gasteiger partial charge is 0.481 e. The number of rotatable bonds is 5. The van der Waals surface area contributed by atoms with Crippen LogP contribution in [0.4, 0.5) is 10.5 Å². The van der Waals surface area contributed by atoms with Gasteiger partial charge in [-0.1, -0.05) is 18.2 Å². The minimum absolute atomic E-state index is 0.150. The number of anilines is 1. The van der Waals surface area contributed by atoms with Gasteiger partial charge in [0, 0.05) is 11.9 Å². The summed E-state index contributed by atoms with van der Waals surface area (Å²) in [6, 6.07) is 8.04. The molecular formula is C14H14N4O3. The average Bonchev–Trinajstić information content (AvgIpc) is 2.48. The molecule has 0 aliphatic heterocycles. The summed E-state index contributed by atoms with van der Waals surface area (Å²) < 4.78 is 0. The second-order valence-electron chi connectivity index (χ2n) is 4.24. The lowest BCUT2D eigenvalue weighted by Gasteiger charge is -2.10. The number of hydrogen-bond donors (Lipinski definition) is 3. The molecule has 0 spiro atoms. The Balaban J connectivity index is 1.95. The third kappa shape index (κ3) is 4.57. The minimum atomic E-state index is -0.953. The molecule has 7 nitrogen and oxygen atoms in total. The molecule has 2 rings (SSSR count). The van der Waals surface area contributed by atoms with Crippen molar-refractivity contribution in [1.82, 2.24) is 15.3 Å². The standard InChI is InChI=1S/C14H14N4O3/c19-13(20)7-10-3-1-2-4-12(10)18-14(21)16-8-11-5-6-15-9-17-11/h1-6,9H,7-8H2,(H,19,20)(H2,16,18,21). The quantitative estimate of drug-likeness (QED) is 0.771. The van der Waals surface area contributed by atoms with E-state index in [2.05, 4.69) is 20.6 Å². The molecule has 1 aromatic heterocycles. The summed E-state index contributed by atoms with van der Waals surface area (Å²) in [5.41, 5.74) is 1.70. The maximum atomic E-state index is 11.8. The highest BCUT2D eigenvalue weighted by atomic mass is 16.4. The Kier molecular flexibility index (Phi) is 4.81. The van der Waals surface area contributed by atoms with Gasteiger partial charge in [0.15, 0.2) is 0 Å². The number of aromatic nitrogens is 2. The van der Waals surface area contributed by atoms with Gasteiger partial charge in [0.2, 0.25) is 0 Å². The van der Waals surface area contributed by atoms with Crippen LogP contribution in [0, 0.1) is 0 Å². The van der Waals surface area contributed by atoms with Crippen molar-refractivity contribution in [3.63, 3.8) is 0 Å². The van der Waals surface area contributed by atoms with Crippen LogP contribution in [0.2, 0.25) is 0 Å². The van der Waals surface area contributed by atoms with Crippen LogP contribution in [-0.2, 0) is 17.8 Å². The van der Waals surface area contributed by atoms with Crippen molar-refractivity contribution in [3.8, 4) is 0 Å². The van der Waals surface area contributed by atoms with E-state index in [1.54, 1.807) is 36.5 Å². The molecular weight excluding hydrogens is 272 g/mol. The van der Waals surface area contributed by atoms with Gasteiger partial charge in [-0.05, 0) is 17.7 Å². The van der Waals surface area contributed by atoms with E-state index in [-0.39, 0.29) is 13.0 Å². The van der Waals surface area contributed by atoms with E-state index in [0.717, 1.165) is 0 Å². The number of nitrogens with zero attached hydrogens (tertiary/aromatic N) is 2. The molecule has 0 bridgehead atoms. The molecule has 2 aromatic rings. The lowest BCUT2D eigenvalue weighted by atomic mass is 10.1. The Morgan fingerprint density at radius 1 is 1.19 bits per heavy atom. The van der Waals surface area contributed by atoms with Crippen molar-refractivity contribution < 1.29 is 14.7 Å². The third-order valence-corrected chi connectivity index (χ3v) is 2.68. The number of benzene rings is 1. The van der Waals surface area contributed by atoms with Gasteiger partial charge in [-0.15, -0.1) is 0 Å². The highest BCUT2D eigenvalue weighted by Crippen LogP contribution is 2.15. The highest BCUT2D eigenvalue weighted by Gasteiger charge is 2.09. The van der Waals surface area contributed by atoms with Gasteiger partial charge in [0.05, 0.1) is 18.7 Å². The fourth-order valence-corrected chi connectivity index (χ4v) is 1.72. The zero-order valence-corrected chi connectivity index (χ0v) is 11.1. The maximum absolute atomic E-state index is 11.8. The first kappa shape index (κ1) is 14.4. The maximum Gasteiger partial charge on any atom is 0.319 e. The van der Waals surface area contributed by atoms with Gasteiger partial charge < -0.3 is 15.7 Å². The normalized spacial score (nSPS) is 9.90. The Bertz CT molecular complexity index is 631. The van der Waals surface area contributed by atoms with E-state index in [4.69, 9.17) is 5.11 Å². The molecule has 3 N–H and O–H groups in total. The van der Waals surface area contributed by atoms with Gasteiger partial charge in [0.25, 0.3) is 0 Å². The lowest BCUT2D eigenvalue weighted by molar-refractivity contribution is -0.136. The Hall–Kier alpha value is -2.96. The number of para-hydroxylation sites is 1. The molecule has 21 heavy (non-hydrogen) atoms. The molecule has 0 radical (unpaired) electrons. The van der Waals surface area contributed by atoms with Crippen molar-refractivity contribution in [2.75, 3.05) is 5.32 Å². The number of carbonyl (C=O) groups is 2. The summed E-state index contributed by atoms with van der Waals surface area (Å²) in [4.78, 5) is 30.4. The second kappa shape index (κ2) is 6.99. The van der Waals surface area contributed by atoms with Crippen LogP contribution in [0.3, 0.4) is 0 Å². The lowest BCUT2D eigenvalue weighted by Crippen LogP contribution is -2.29. The van der Waals surface area contributed by atoms with Gasteiger partial charge in [-0.2, -0.15) is 0 Å². The van der Waals surface area contributed by atoms with Crippen LogP contribution >= 0.6 is 0 Å². The summed E-state index contributed by atoms with van der Waals surface area (Å²) >= 11 is 0. The molecule has 0 aliphatic rings. The van der Waals surface area contributed by atoms with Crippen molar-refractivity contribution in [3.05, 3.63) is 54.1 Å². The monoisotopic (exact) mass is 286 g/mol. The fourth-order valence-electron chi connectivity index (χ4n) is 1.72. The SMILES string of the molecule is O=C(O)Cc1ccccc1NC(=O)NCc1ccncn1. The average molecular weight is 286 g/mol.